The molecule has 2 atom stereocenters. The molecule has 1 aliphatic heterocycles. The van der Waals surface area contributed by atoms with E-state index in [0.717, 1.165) is 23.9 Å². The Morgan fingerprint density at radius 1 is 0.778 bits per heavy atom. The van der Waals surface area contributed by atoms with Crippen molar-refractivity contribution in [2.75, 3.05) is 0 Å². The molecule has 0 aromatic rings. The summed E-state index contributed by atoms with van der Waals surface area (Å²) in [6, 6.07) is 1.97. The quantitative estimate of drug-likeness (QED) is 0.479. The summed E-state index contributed by atoms with van der Waals surface area (Å²) < 4.78 is 0. The third kappa shape index (κ3) is 0.493. The summed E-state index contributed by atoms with van der Waals surface area (Å²) in [6.07, 6.45) is 6.11. The van der Waals surface area contributed by atoms with Crippen molar-refractivity contribution in [3.8, 4) is 0 Å². The Kier molecular flexibility index (Phi) is 0.704. The fourth-order valence-electron chi connectivity index (χ4n) is 2.89. The normalized spacial score (nSPS) is 61.3. The molecule has 4 fully saturated rings. The lowest BCUT2D eigenvalue weighted by Gasteiger charge is -2.33. The van der Waals surface area contributed by atoms with Crippen LogP contribution in [0.4, 0.5) is 0 Å². The molecule has 0 aromatic heterocycles. The van der Waals surface area contributed by atoms with Crippen molar-refractivity contribution in [1.82, 2.24) is 5.32 Å². The van der Waals surface area contributed by atoms with Crippen molar-refractivity contribution in [2.45, 2.75) is 37.8 Å². The fourth-order valence-corrected chi connectivity index (χ4v) is 2.89. The van der Waals surface area contributed by atoms with Crippen molar-refractivity contribution in [1.29, 1.82) is 0 Å². The average Bonchev–Trinajstić information content (AvgIpc) is 2.68. The lowest BCUT2D eigenvalue weighted by molar-refractivity contribution is 0.218. The highest BCUT2D eigenvalue weighted by molar-refractivity contribution is 5.11. The van der Waals surface area contributed by atoms with Gasteiger partial charge in [-0.1, -0.05) is 0 Å². The highest BCUT2D eigenvalue weighted by atomic mass is 15.2. The van der Waals surface area contributed by atoms with E-state index in [1.165, 1.54) is 25.7 Å². The monoisotopic (exact) mass is 123 g/mol. The molecule has 0 spiro atoms. The van der Waals surface area contributed by atoms with Crippen LogP contribution < -0.4 is 5.32 Å². The molecule has 0 aromatic carbocycles. The molecule has 1 nitrogen and oxygen atoms in total. The first-order valence-corrected chi connectivity index (χ1v) is 4.21. The maximum Gasteiger partial charge on any atom is 0.0255 e. The van der Waals surface area contributed by atoms with E-state index >= 15 is 0 Å². The summed E-state index contributed by atoms with van der Waals surface area (Å²) in [5.74, 6) is 2.17. The molecule has 4 rings (SSSR count). The van der Waals surface area contributed by atoms with E-state index in [1.807, 2.05) is 0 Å². The SMILES string of the molecule is C1CC2CCC1C1NC21. The highest BCUT2D eigenvalue weighted by Gasteiger charge is 2.53. The van der Waals surface area contributed by atoms with E-state index < -0.39 is 0 Å². The van der Waals surface area contributed by atoms with Crippen molar-refractivity contribution < 1.29 is 0 Å². The largest absolute Gasteiger partial charge is 0.308 e. The van der Waals surface area contributed by atoms with Crippen LogP contribution in [-0.2, 0) is 0 Å². The van der Waals surface area contributed by atoms with Crippen LogP contribution in [0.15, 0.2) is 0 Å². The molecule has 4 aliphatic rings. The van der Waals surface area contributed by atoms with Crippen molar-refractivity contribution in [2.24, 2.45) is 11.8 Å². The van der Waals surface area contributed by atoms with Crippen LogP contribution in [0.5, 0.6) is 0 Å². The van der Waals surface area contributed by atoms with Crippen molar-refractivity contribution >= 4 is 0 Å². The first kappa shape index (κ1) is 4.73. The Morgan fingerprint density at radius 3 is 1.56 bits per heavy atom. The minimum Gasteiger partial charge on any atom is -0.308 e. The van der Waals surface area contributed by atoms with Crippen molar-refractivity contribution in [3.63, 3.8) is 0 Å². The molecule has 1 N–H and O–H groups in total. The number of rotatable bonds is 0. The maximum absolute atomic E-state index is 3.59. The molecule has 2 bridgehead atoms. The summed E-state index contributed by atoms with van der Waals surface area (Å²) >= 11 is 0. The molecular weight excluding hydrogens is 110 g/mol. The van der Waals surface area contributed by atoms with Crippen LogP contribution in [0, 0.1) is 11.8 Å². The molecule has 2 unspecified atom stereocenters. The third-order valence-electron chi connectivity index (χ3n) is 3.49. The van der Waals surface area contributed by atoms with Gasteiger partial charge in [-0.2, -0.15) is 0 Å². The molecule has 9 heavy (non-hydrogen) atoms. The van der Waals surface area contributed by atoms with Gasteiger partial charge < -0.3 is 5.32 Å². The first-order valence-electron chi connectivity index (χ1n) is 4.21. The van der Waals surface area contributed by atoms with Gasteiger partial charge in [-0.25, -0.2) is 0 Å². The topological polar surface area (TPSA) is 21.9 Å². The van der Waals surface area contributed by atoms with E-state index in [4.69, 9.17) is 0 Å². The molecule has 3 saturated carbocycles. The van der Waals surface area contributed by atoms with Gasteiger partial charge in [0.25, 0.3) is 0 Å². The van der Waals surface area contributed by atoms with E-state index in [9.17, 15) is 0 Å². The summed E-state index contributed by atoms with van der Waals surface area (Å²) in [6.45, 7) is 0. The zero-order chi connectivity index (χ0) is 5.84. The Hall–Kier alpha value is -0.0400. The summed E-state index contributed by atoms with van der Waals surface area (Å²) in [4.78, 5) is 0. The van der Waals surface area contributed by atoms with Crippen LogP contribution in [0.1, 0.15) is 25.7 Å². The minimum atomic E-state index is 0.984. The Balaban J connectivity index is 1.93. The zero-order valence-electron chi connectivity index (χ0n) is 5.64. The van der Waals surface area contributed by atoms with E-state index in [0.29, 0.717) is 0 Å². The van der Waals surface area contributed by atoms with Gasteiger partial charge in [-0.3, -0.25) is 0 Å². The van der Waals surface area contributed by atoms with Gasteiger partial charge in [0.1, 0.15) is 0 Å². The van der Waals surface area contributed by atoms with Gasteiger partial charge in [0, 0.05) is 12.1 Å². The van der Waals surface area contributed by atoms with Crippen molar-refractivity contribution in [3.05, 3.63) is 0 Å². The number of nitrogens with one attached hydrogen (secondary N) is 1. The number of hydrogen-bond donors (Lipinski definition) is 1. The molecular formula is C8H13N. The summed E-state index contributed by atoms with van der Waals surface area (Å²) in [5, 5.41) is 3.59. The van der Waals surface area contributed by atoms with Gasteiger partial charge >= 0.3 is 0 Å². The predicted molar refractivity (Wildman–Crippen MR) is 36.2 cm³/mol. The fraction of sp³-hybridized carbons (Fsp3) is 1.00. The van der Waals surface area contributed by atoms with Gasteiger partial charge in [0.2, 0.25) is 0 Å². The smallest absolute Gasteiger partial charge is 0.0255 e. The Morgan fingerprint density at radius 2 is 1.22 bits per heavy atom. The molecule has 50 valence electrons. The third-order valence-corrected chi connectivity index (χ3v) is 3.49. The maximum atomic E-state index is 3.59. The molecule has 1 saturated heterocycles. The lowest BCUT2D eigenvalue weighted by atomic mass is 9.71. The summed E-state index contributed by atoms with van der Waals surface area (Å²) in [7, 11) is 0. The zero-order valence-corrected chi connectivity index (χ0v) is 5.64. The molecule has 1 heteroatoms. The van der Waals surface area contributed by atoms with Crippen LogP contribution in [-0.4, -0.2) is 12.1 Å². The highest BCUT2D eigenvalue weighted by Crippen LogP contribution is 2.47. The van der Waals surface area contributed by atoms with Gasteiger partial charge in [-0.15, -0.1) is 0 Å². The van der Waals surface area contributed by atoms with Gasteiger partial charge in [-0.05, 0) is 37.5 Å². The second-order valence-electron chi connectivity index (χ2n) is 3.89. The summed E-state index contributed by atoms with van der Waals surface area (Å²) in [5.41, 5.74) is 0. The number of fused-ring (bicyclic) bond motifs is 2. The molecule has 3 aliphatic carbocycles. The number of hydrogen-bond acceptors (Lipinski definition) is 1. The predicted octanol–water partition coefficient (Wildman–Crippen LogP) is 1.15. The van der Waals surface area contributed by atoms with Gasteiger partial charge in [0.15, 0.2) is 0 Å². The molecule has 0 radical (unpaired) electrons. The van der Waals surface area contributed by atoms with Crippen LogP contribution in [0.25, 0.3) is 0 Å². The Labute approximate surface area is 55.8 Å². The second kappa shape index (κ2) is 1.34. The second-order valence-corrected chi connectivity index (χ2v) is 3.89. The van der Waals surface area contributed by atoms with E-state index in [1.54, 1.807) is 0 Å². The minimum absolute atomic E-state index is 0.984. The van der Waals surface area contributed by atoms with Crippen LogP contribution in [0.3, 0.4) is 0 Å². The Bertz CT molecular complexity index is 120. The average molecular weight is 123 g/mol. The first-order chi connectivity index (χ1) is 4.45. The van der Waals surface area contributed by atoms with Gasteiger partial charge in [0.05, 0.1) is 0 Å². The lowest BCUT2D eigenvalue weighted by Crippen LogP contribution is -2.30. The molecule has 1 heterocycles. The van der Waals surface area contributed by atoms with Crippen LogP contribution >= 0.6 is 0 Å². The van der Waals surface area contributed by atoms with E-state index in [-0.39, 0.29) is 0 Å². The van der Waals surface area contributed by atoms with Crippen LogP contribution in [0.2, 0.25) is 0 Å². The standard InChI is InChI=1S/C8H13N/c1-2-6-4-3-5(1)7-8(6)9-7/h5-9H,1-4H2. The van der Waals surface area contributed by atoms with E-state index in [2.05, 4.69) is 5.32 Å². The molecule has 0 amide bonds.